The number of ether oxygens (including phenoxy) is 1. The molecule has 1 aromatic carbocycles. The molecule has 0 heterocycles. The SMILES string of the molecule is CCC(N)(CC)COc1ccc(C(N)=O)c(C)c1. The molecule has 18 heavy (non-hydrogen) atoms. The van der Waals surface area contributed by atoms with E-state index in [0.29, 0.717) is 17.9 Å². The van der Waals surface area contributed by atoms with Crippen molar-refractivity contribution < 1.29 is 9.53 Å². The third kappa shape index (κ3) is 3.47. The van der Waals surface area contributed by atoms with Crippen molar-refractivity contribution in [2.75, 3.05) is 6.61 Å². The molecule has 1 rings (SSSR count). The summed E-state index contributed by atoms with van der Waals surface area (Å²) in [5.41, 5.74) is 12.5. The summed E-state index contributed by atoms with van der Waals surface area (Å²) in [5, 5.41) is 0. The molecule has 0 bridgehead atoms. The molecule has 0 aliphatic carbocycles. The van der Waals surface area contributed by atoms with Gasteiger partial charge in [0.15, 0.2) is 0 Å². The summed E-state index contributed by atoms with van der Waals surface area (Å²) in [4.78, 5) is 11.1. The number of carbonyl (C=O) groups is 1. The molecule has 0 atom stereocenters. The van der Waals surface area contributed by atoms with E-state index in [1.807, 2.05) is 26.8 Å². The van der Waals surface area contributed by atoms with Crippen LogP contribution in [-0.4, -0.2) is 18.1 Å². The minimum atomic E-state index is -0.422. The molecule has 0 saturated heterocycles. The van der Waals surface area contributed by atoms with Gasteiger partial charge >= 0.3 is 0 Å². The Bertz CT molecular complexity index is 426. The fourth-order valence-corrected chi connectivity index (χ4v) is 1.68. The molecular weight excluding hydrogens is 228 g/mol. The van der Waals surface area contributed by atoms with Gasteiger partial charge in [-0.15, -0.1) is 0 Å². The lowest BCUT2D eigenvalue weighted by Gasteiger charge is -2.26. The number of rotatable bonds is 6. The second kappa shape index (κ2) is 5.87. The lowest BCUT2D eigenvalue weighted by molar-refractivity contribution is 0.0999. The standard InChI is InChI=1S/C14H22N2O2/c1-4-14(16,5-2)9-18-11-6-7-12(13(15)17)10(3)8-11/h6-8H,4-5,9,16H2,1-3H3,(H2,15,17). The van der Waals surface area contributed by atoms with E-state index in [2.05, 4.69) is 0 Å². The molecule has 0 fully saturated rings. The van der Waals surface area contributed by atoms with E-state index in [4.69, 9.17) is 16.2 Å². The van der Waals surface area contributed by atoms with Gasteiger partial charge in [0.05, 0.1) is 0 Å². The highest BCUT2D eigenvalue weighted by molar-refractivity contribution is 5.94. The Balaban J connectivity index is 2.75. The summed E-state index contributed by atoms with van der Waals surface area (Å²) >= 11 is 0. The van der Waals surface area contributed by atoms with Crippen LogP contribution < -0.4 is 16.2 Å². The quantitative estimate of drug-likeness (QED) is 0.810. The molecule has 0 aliphatic heterocycles. The number of hydrogen-bond donors (Lipinski definition) is 2. The molecule has 1 aromatic rings. The smallest absolute Gasteiger partial charge is 0.248 e. The Morgan fingerprint density at radius 2 is 1.94 bits per heavy atom. The van der Waals surface area contributed by atoms with Crippen molar-refractivity contribution in [1.82, 2.24) is 0 Å². The summed E-state index contributed by atoms with van der Waals surface area (Å²) in [7, 11) is 0. The lowest BCUT2D eigenvalue weighted by atomic mass is 9.95. The van der Waals surface area contributed by atoms with Crippen molar-refractivity contribution in [3.63, 3.8) is 0 Å². The van der Waals surface area contributed by atoms with Crippen LogP contribution >= 0.6 is 0 Å². The van der Waals surface area contributed by atoms with Gasteiger partial charge in [0.2, 0.25) is 5.91 Å². The van der Waals surface area contributed by atoms with Crippen molar-refractivity contribution in [1.29, 1.82) is 0 Å². The fourth-order valence-electron chi connectivity index (χ4n) is 1.68. The van der Waals surface area contributed by atoms with E-state index in [1.54, 1.807) is 12.1 Å². The predicted octanol–water partition coefficient (Wildman–Crippen LogP) is 1.99. The topological polar surface area (TPSA) is 78.3 Å². The second-order valence-corrected chi connectivity index (χ2v) is 4.70. The number of hydrogen-bond acceptors (Lipinski definition) is 3. The maximum atomic E-state index is 11.1. The zero-order valence-electron chi connectivity index (χ0n) is 11.3. The predicted molar refractivity (Wildman–Crippen MR) is 72.7 cm³/mol. The number of nitrogens with two attached hydrogens (primary N) is 2. The van der Waals surface area contributed by atoms with E-state index >= 15 is 0 Å². The maximum absolute atomic E-state index is 11.1. The van der Waals surface area contributed by atoms with Gasteiger partial charge in [-0.1, -0.05) is 13.8 Å². The van der Waals surface area contributed by atoms with Crippen LogP contribution in [0.3, 0.4) is 0 Å². The third-order valence-corrected chi connectivity index (χ3v) is 3.40. The zero-order chi connectivity index (χ0) is 13.8. The highest BCUT2D eigenvalue weighted by Crippen LogP contribution is 2.19. The van der Waals surface area contributed by atoms with Gasteiger partial charge in [-0.05, 0) is 43.5 Å². The highest BCUT2D eigenvalue weighted by atomic mass is 16.5. The molecule has 4 nitrogen and oxygen atoms in total. The minimum absolute atomic E-state index is 0.295. The minimum Gasteiger partial charge on any atom is -0.492 e. The Morgan fingerprint density at radius 1 is 1.33 bits per heavy atom. The van der Waals surface area contributed by atoms with E-state index in [-0.39, 0.29) is 5.54 Å². The van der Waals surface area contributed by atoms with Gasteiger partial charge in [-0.2, -0.15) is 0 Å². The molecule has 0 aromatic heterocycles. The number of primary amides is 1. The summed E-state index contributed by atoms with van der Waals surface area (Å²) in [6, 6.07) is 5.24. The first-order valence-electron chi connectivity index (χ1n) is 6.24. The van der Waals surface area contributed by atoms with Crippen LogP contribution in [0.5, 0.6) is 5.75 Å². The normalized spacial score (nSPS) is 11.3. The number of benzene rings is 1. The van der Waals surface area contributed by atoms with Gasteiger partial charge < -0.3 is 16.2 Å². The molecule has 0 spiro atoms. The maximum Gasteiger partial charge on any atom is 0.248 e. The molecule has 100 valence electrons. The number of amides is 1. The summed E-state index contributed by atoms with van der Waals surface area (Å²) in [6.07, 6.45) is 1.73. The van der Waals surface area contributed by atoms with E-state index in [0.717, 1.165) is 18.4 Å². The summed E-state index contributed by atoms with van der Waals surface area (Å²) < 4.78 is 5.69. The van der Waals surface area contributed by atoms with Crippen LogP contribution in [-0.2, 0) is 0 Å². The number of carbonyl (C=O) groups excluding carboxylic acids is 1. The van der Waals surface area contributed by atoms with E-state index in [1.165, 1.54) is 0 Å². The van der Waals surface area contributed by atoms with Crippen LogP contribution in [0.2, 0.25) is 0 Å². The Hall–Kier alpha value is -1.55. The van der Waals surface area contributed by atoms with Gasteiger partial charge in [0.1, 0.15) is 12.4 Å². The molecular formula is C14H22N2O2. The molecule has 0 radical (unpaired) electrons. The van der Waals surface area contributed by atoms with Gasteiger partial charge in [0.25, 0.3) is 0 Å². The monoisotopic (exact) mass is 250 g/mol. The second-order valence-electron chi connectivity index (χ2n) is 4.70. The molecule has 0 unspecified atom stereocenters. The molecule has 1 amide bonds. The fraction of sp³-hybridized carbons (Fsp3) is 0.500. The Labute approximate surface area is 108 Å². The largest absolute Gasteiger partial charge is 0.492 e. The average molecular weight is 250 g/mol. The van der Waals surface area contributed by atoms with Crippen molar-refractivity contribution in [3.8, 4) is 5.75 Å². The first kappa shape index (κ1) is 14.5. The Morgan fingerprint density at radius 3 is 2.39 bits per heavy atom. The van der Waals surface area contributed by atoms with Crippen molar-refractivity contribution in [2.45, 2.75) is 39.2 Å². The molecule has 0 aliphatic rings. The number of aryl methyl sites for hydroxylation is 1. The van der Waals surface area contributed by atoms with Crippen LogP contribution in [0, 0.1) is 6.92 Å². The highest BCUT2D eigenvalue weighted by Gasteiger charge is 2.21. The van der Waals surface area contributed by atoms with Crippen molar-refractivity contribution in [3.05, 3.63) is 29.3 Å². The molecule has 0 saturated carbocycles. The van der Waals surface area contributed by atoms with E-state index in [9.17, 15) is 4.79 Å². The van der Waals surface area contributed by atoms with Gasteiger partial charge in [-0.3, -0.25) is 4.79 Å². The Kier molecular flexibility index (Phi) is 4.73. The first-order valence-corrected chi connectivity index (χ1v) is 6.24. The summed E-state index contributed by atoms with van der Waals surface area (Å²) in [5.74, 6) is 0.295. The first-order chi connectivity index (χ1) is 8.41. The molecule has 4 N–H and O–H groups in total. The van der Waals surface area contributed by atoms with Crippen LogP contribution in [0.25, 0.3) is 0 Å². The van der Waals surface area contributed by atoms with Crippen molar-refractivity contribution in [2.24, 2.45) is 11.5 Å². The molecule has 4 heteroatoms. The van der Waals surface area contributed by atoms with Crippen molar-refractivity contribution >= 4 is 5.91 Å². The zero-order valence-corrected chi connectivity index (χ0v) is 11.3. The van der Waals surface area contributed by atoms with E-state index < -0.39 is 5.91 Å². The van der Waals surface area contributed by atoms with Crippen LogP contribution in [0.1, 0.15) is 42.6 Å². The average Bonchev–Trinajstić information content (AvgIpc) is 2.35. The van der Waals surface area contributed by atoms with Crippen LogP contribution in [0.15, 0.2) is 18.2 Å². The van der Waals surface area contributed by atoms with Gasteiger partial charge in [0, 0.05) is 11.1 Å². The van der Waals surface area contributed by atoms with Gasteiger partial charge in [-0.25, -0.2) is 0 Å². The summed E-state index contributed by atoms with van der Waals surface area (Å²) in [6.45, 7) is 6.40. The lowest BCUT2D eigenvalue weighted by Crippen LogP contribution is -2.44. The third-order valence-electron chi connectivity index (χ3n) is 3.40. The van der Waals surface area contributed by atoms with Crippen LogP contribution in [0.4, 0.5) is 0 Å².